The third-order valence-electron chi connectivity index (χ3n) is 3.08. The summed E-state index contributed by atoms with van der Waals surface area (Å²) in [7, 11) is 1.94. The average molecular weight is 241 g/mol. The first-order chi connectivity index (χ1) is 8.61. The molecular weight excluding hydrogens is 222 g/mol. The van der Waals surface area contributed by atoms with Gasteiger partial charge in [-0.05, 0) is 27.8 Å². The van der Waals surface area contributed by atoms with E-state index in [4.69, 9.17) is 0 Å². The summed E-state index contributed by atoms with van der Waals surface area (Å²) >= 11 is 0. The highest BCUT2D eigenvalue weighted by Crippen LogP contribution is 2.19. The lowest BCUT2D eigenvalue weighted by Gasteiger charge is -2.10. The lowest BCUT2D eigenvalue weighted by molar-refractivity contribution is 0.787. The fraction of sp³-hybridized carbons (Fsp3) is 0.333. The molecule has 0 fully saturated rings. The van der Waals surface area contributed by atoms with E-state index in [0.717, 1.165) is 29.3 Å². The molecule has 0 amide bonds. The number of nitrogens with one attached hydrogen (secondary N) is 1. The Morgan fingerprint density at radius 2 is 1.50 bits per heavy atom. The summed E-state index contributed by atoms with van der Waals surface area (Å²) in [5.74, 6) is 0.810. The molecule has 94 valence electrons. The van der Waals surface area contributed by atoms with Crippen LogP contribution in [0.4, 0.5) is 0 Å². The molecule has 0 spiro atoms. The van der Waals surface area contributed by atoms with E-state index in [1.807, 2.05) is 20.9 Å². The number of nitrogens with zero attached hydrogens (tertiary/aromatic N) is 2. The summed E-state index contributed by atoms with van der Waals surface area (Å²) in [5, 5.41) is 3.15. The van der Waals surface area contributed by atoms with Crippen LogP contribution in [-0.4, -0.2) is 17.0 Å². The second kappa shape index (κ2) is 5.27. The molecule has 1 aromatic carbocycles. The Hall–Kier alpha value is -1.74. The molecular formula is C15H19N3. The zero-order valence-electron chi connectivity index (χ0n) is 11.4. The van der Waals surface area contributed by atoms with Gasteiger partial charge in [0.15, 0.2) is 5.82 Å². The van der Waals surface area contributed by atoms with Crippen molar-refractivity contribution >= 4 is 0 Å². The van der Waals surface area contributed by atoms with Crippen LogP contribution < -0.4 is 5.32 Å². The minimum atomic E-state index is 0.810. The van der Waals surface area contributed by atoms with Gasteiger partial charge in [-0.1, -0.05) is 29.8 Å². The molecule has 1 N–H and O–H groups in total. The van der Waals surface area contributed by atoms with Crippen molar-refractivity contribution in [3.05, 3.63) is 46.8 Å². The van der Waals surface area contributed by atoms with E-state index in [0.29, 0.717) is 0 Å². The predicted octanol–water partition coefficient (Wildman–Crippen LogP) is 2.79. The molecule has 1 heterocycles. The zero-order valence-corrected chi connectivity index (χ0v) is 11.4. The van der Waals surface area contributed by atoms with Gasteiger partial charge in [0.2, 0.25) is 0 Å². The van der Waals surface area contributed by atoms with Crippen LogP contribution in [-0.2, 0) is 6.54 Å². The van der Waals surface area contributed by atoms with E-state index in [2.05, 4.69) is 46.5 Å². The van der Waals surface area contributed by atoms with Crippen LogP contribution in [0.5, 0.6) is 0 Å². The number of aromatic nitrogens is 2. The van der Waals surface area contributed by atoms with Crippen molar-refractivity contribution in [1.82, 2.24) is 15.3 Å². The fourth-order valence-corrected chi connectivity index (χ4v) is 2.00. The maximum Gasteiger partial charge on any atom is 0.159 e. The third kappa shape index (κ3) is 2.57. The first-order valence-electron chi connectivity index (χ1n) is 6.17. The Labute approximate surface area is 108 Å². The summed E-state index contributed by atoms with van der Waals surface area (Å²) < 4.78 is 0. The van der Waals surface area contributed by atoms with Crippen LogP contribution in [0.2, 0.25) is 0 Å². The third-order valence-corrected chi connectivity index (χ3v) is 3.08. The molecule has 3 heteroatoms. The number of benzene rings is 1. The molecule has 18 heavy (non-hydrogen) atoms. The number of aryl methyl sites for hydroxylation is 3. The summed E-state index contributed by atoms with van der Waals surface area (Å²) in [6, 6.07) is 8.32. The molecule has 0 saturated carbocycles. The van der Waals surface area contributed by atoms with E-state index < -0.39 is 0 Å². The lowest BCUT2D eigenvalue weighted by Crippen LogP contribution is -2.11. The van der Waals surface area contributed by atoms with Crippen molar-refractivity contribution in [3.63, 3.8) is 0 Å². The first-order valence-corrected chi connectivity index (χ1v) is 6.17. The molecule has 0 saturated heterocycles. The van der Waals surface area contributed by atoms with Gasteiger partial charge in [-0.2, -0.15) is 0 Å². The number of rotatable bonds is 3. The van der Waals surface area contributed by atoms with Gasteiger partial charge in [0, 0.05) is 29.1 Å². The smallest absolute Gasteiger partial charge is 0.159 e. The zero-order chi connectivity index (χ0) is 13.1. The van der Waals surface area contributed by atoms with Gasteiger partial charge in [0.1, 0.15) is 0 Å². The van der Waals surface area contributed by atoms with Crippen LogP contribution >= 0.6 is 0 Å². The van der Waals surface area contributed by atoms with Crippen LogP contribution in [0, 0.1) is 20.8 Å². The number of hydrogen-bond acceptors (Lipinski definition) is 3. The Balaban J connectivity index is 2.44. The van der Waals surface area contributed by atoms with Crippen LogP contribution in [0.15, 0.2) is 24.3 Å². The van der Waals surface area contributed by atoms with E-state index >= 15 is 0 Å². The van der Waals surface area contributed by atoms with Gasteiger partial charge < -0.3 is 5.32 Å². The minimum absolute atomic E-state index is 0.810. The summed E-state index contributed by atoms with van der Waals surface area (Å²) in [4.78, 5) is 9.20. The van der Waals surface area contributed by atoms with E-state index in [1.54, 1.807) is 0 Å². The molecule has 0 radical (unpaired) electrons. The van der Waals surface area contributed by atoms with Crippen molar-refractivity contribution in [2.24, 2.45) is 0 Å². The van der Waals surface area contributed by atoms with Crippen LogP contribution in [0.3, 0.4) is 0 Å². The number of hydrogen-bond donors (Lipinski definition) is 1. The second-order valence-corrected chi connectivity index (χ2v) is 4.59. The van der Waals surface area contributed by atoms with Gasteiger partial charge in [0.25, 0.3) is 0 Å². The molecule has 0 unspecified atom stereocenters. The summed E-state index contributed by atoms with van der Waals surface area (Å²) in [6.07, 6.45) is 0. The molecule has 2 aromatic rings. The van der Waals surface area contributed by atoms with E-state index in [-0.39, 0.29) is 0 Å². The van der Waals surface area contributed by atoms with Crippen molar-refractivity contribution in [1.29, 1.82) is 0 Å². The predicted molar refractivity (Wildman–Crippen MR) is 74.4 cm³/mol. The van der Waals surface area contributed by atoms with Gasteiger partial charge in [-0.25, -0.2) is 9.97 Å². The molecule has 0 aliphatic rings. The largest absolute Gasteiger partial charge is 0.316 e. The Bertz CT molecular complexity index is 521. The molecule has 1 aromatic heterocycles. The highest BCUT2D eigenvalue weighted by Gasteiger charge is 2.08. The normalized spacial score (nSPS) is 10.7. The Kier molecular flexibility index (Phi) is 3.72. The second-order valence-electron chi connectivity index (χ2n) is 4.59. The Morgan fingerprint density at radius 1 is 0.944 bits per heavy atom. The Morgan fingerprint density at radius 3 is 2.00 bits per heavy atom. The monoisotopic (exact) mass is 241 g/mol. The maximum atomic E-state index is 4.60. The van der Waals surface area contributed by atoms with Crippen molar-refractivity contribution < 1.29 is 0 Å². The molecule has 0 bridgehead atoms. The van der Waals surface area contributed by atoms with Gasteiger partial charge in [-0.15, -0.1) is 0 Å². The average Bonchev–Trinajstić information content (AvgIpc) is 2.34. The van der Waals surface area contributed by atoms with Gasteiger partial charge >= 0.3 is 0 Å². The maximum absolute atomic E-state index is 4.60. The lowest BCUT2D eigenvalue weighted by atomic mass is 10.1. The fourth-order valence-electron chi connectivity index (χ4n) is 2.00. The van der Waals surface area contributed by atoms with E-state index in [9.17, 15) is 0 Å². The molecule has 0 aliphatic carbocycles. The van der Waals surface area contributed by atoms with Crippen LogP contribution in [0.25, 0.3) is 11.4 Å². The topological polar surface area (TPSA) is 37.8 Å². The molecule has 0 aliphatic heterocycles. The molecule has 3 nitrogen and oxygen atoms in total. The van der Waals surface area contributed by atoms with Gasteiger partial charge in [0.05, 0.1) is 0 Å². The quantitative estimate of drug-likeness (QED) is 0.898. The molecule has 0 atom stereocenters. The van der Waals surface area contributed by atoms with Crippen molar-refractivity contribution in [3.8, 4) is 11.4 Å². The minimum Gasteiger partial charge on any atom is -0.316 e. The SMILES string of the molecule is CNCc1c(C)nc(-c2ccc(C)cc2)nc1C. The highest BCUT2D eigenvalue weighted by atomic mass is 14.9. The van der Waals surface area contributed by atoms with Gasteiger partial charge in [-0.3, -0.25) is 0 Å². The van der Waals surface area contributed by atoms with E-state index in [1.165, 1.54) is 11.1 Å². The highest BCUT2D eigenvalue weighted by molar-refractivity contribution is 5.56. The summed E-state index contributed by atoms with van der Waals surface area (Å²) in [5.41, 5.74) is 5.61. The van der Waals surface area contributed by atoms with Crippen LogP contribution in [0.1, 0.15) is 22.5 Å². The standard InChI is InChI=1S/C15H19N3/c1-10-5-7-13(8-6-10)15-17-11(2)14(9-16-4)12(3)18-15/h5-8,16H,9H2,1-4H3. The molecule has 2 rings (SSSR count). The first kappa shape index (κ1) is 12.7. The van der Waals surface area contributed by atoms with Crippen molar-refractivity contribution in [2.75, 3.05) is 7.05 Å². The summed E-state index contributed by atoms with van der Waals surface area (Å²) in [6.45, 7) is 6.97. The van der Waals surface area contributed by atoms with Crippen molar-refractivity contribution in [2.45, 2.75) is 27.3 Å².